The third-order valence-corrected chi connectivity index (χ3v) is 3.18. The van der Waals surface area contributed by atoms with Crippen LogP contribution in [0.25, 0.3) is 10.9 Å². The molecule has 120 valence electrons. The Kier molecular flexibility index (Phi) is 5.14. The Morgan fingerprint density at radius 2 is 2.13 bits per heavy atom. The summed E-state index contributed by atoms with van der Waals surface area (Å²) in [4.78, 5) is 37.3. The molecular formula is C16H16N2O5. The Bertz CT molecular complexity index is 796. The topological polar surface area (TPSA) is 108 Å². The predicted octanol–water partition coefficient (Wildman–Crippen LogP) is 1.44. The normalized spacial score (nSPS) is 11.7. The molecule has 0 saturated heterocycles. The van der Waals surface area contributed by atoms with Crippen LogP contribution in [0.2, 0.25) is 0 Å². The second-order valence-electron chi connectivity index (χ2n) is 4.83. The van der Waals surface area contributed by atoms with Crippen LogP contribution in [0.15, 0.2) is 47.8 Å². The fourth-order valence-electron chi connectivity index (χ4n) is 2.18. The van der Waals surface area contributed by atoms with E-state index < -0.39 is 18.1 Å². The molecule has 0 radical (unpaired) electrons. The number of benzene rings is 1. The van der Waals surface area contributed by atoms with E-state index in [0.717, 1.165) is 5.39 Å². The Balaban J connectivity index is 2.27. The maximum absolute atomic E-state index is 11.7. The first kappa shape index (κ1) is 16.3. The van der Waals surface area contributed by atoms with E-state index in [-0.39, 0.29) is 18.6 Å². The SMILES string of the molecule is C=CCOC(=O)NC(Cc1cc(=O)[nH]c2ccccc12)C(=O)O. The molecule has 2 aromatic rings. The summed E-state index contributed by atoms with van der Waals surface area (Å²) in [7, 11) is 0. The number of alkyl carbamates (subject to hydrolysis) is 1. The van der Waals surface area contributed by atoms with Crippen molar-refractivity contribution < 1.29 is 19.4 Å². The van der Waals surface area contributed by atoms with Crippen molar-refractivity contribution >= 4 is 23.0 Å². The third kappa shape index (κ3) is 4.19. The molecule has 1 unspecified atom stereocenters. The van der Waals surface area contributed by atoms with Gasteiger partial charge in [0, 0.05) is 23.4 Å². The molecule has 2 rings (SSSR count). The molecule has 0 aliphatic carbocycles. The third-order valence-electron chi connectivity index (χ3n) is 3.18. The molecule has 0 aliphatic heterocycles. The maximum Gasteiger partial charge on any atom is 0.408 e. The maximum atomic E-state index is 11.7. The number of carboxylic acid groups (broad SMARTS) is 1. The fourth-order valence-corrected chi connectivity index (χ4v) is 2.18. The summed E-state index contributed by atoms with van der Waals surface area (Å²) in [5, 5.41) is 12.3. The van der Waals surface area contributed by atoms with Gasteiger partial charge < -0.3 is 20.1 Å². The Morgan fingerprint density at radius 3 is 2.83 bits per heavy atom. The number of amides is 1. The van der Waals surface area contributed by atoms with Crippen molar-refractivity contribution in [3.8, 4) is 0 Å². The summed E-state index contributed by atoms with van der Waals surface area (Å²) in [6.45, 7) is 3.38. The number of pyridine rings is 1. The Morgan fingerprint density at radius 1 is 1.39 bits per heavy atom. The second-order valence-corrected chi connectivity index (χ2v) is 4.83. The first-order valence-corrected chi connectivity index (χ1v) is 6.89. The Labute approximate surface area is 131 Å². The number of para-hydroxylation sites is 1. The minimum atomic E-state index is -1.22. The first-order valence-electron chi connectivity index (χ1n) is 6.89. The van der Waals surface area contributed by atoms with Gasteiger partial charge >= 0.3 is 12.1 Å². The molecule has 7 nitrogen and oxygen atoms in total. The van der Waals surface area contributed by atoms with E-state index >= 15 is 0 Å². The zero-order valence-electron chi connectivity index (χ0n) is 12.2. The standard InChI is InChI=1S/C16H16N2O5/c1-2-7-23-16(22)18-13(15(20)21)8-10-9-14(19)17-12-6-4-3-5-11(10)12/h2-6,9,13H,1,7-8H2,(H,17,19)(H,18,22)(H,20,21). The van der Waals surface area contributed by atoms with Gasteiger partial charge in [-0.25, -0.2) is 9.59 Å². The molecule has 1 aromatic heterocycles. The largest absolute Gasteiger partial charge is 0.480 e. The van der Waals surface area contributed by atoms with E-state index in [4.69, 9.17) is 4.74 Å². The molecule has 0 spiro atoms. The zero-order valence-corrected chi connectivity index (χ0v) is 12.2. The minimum absolute atomic E-state index is 0.0217. The molecule has 1 aromatic carbocycles. The van der Waals surface area contributed by atoms with Gasteiger partial charge in [0.15, 0.2) is 0 Å². The van der Waals surface area contributed by atoms with Crippen LogP contribution in [-0.4, -0.2) is 34.8 Å². The number of carboxylic acids is 1. The molecule has 3 N–H and O–H groups in total. The predicted molar refractivity (Wildman–Crippen MR) is 84.4 cm³/mol. The van der Waals surface area contributed by atoms with Gasteiger partial charge in [0.05, 0.1) is 0 Å². The van der Waals surface area contributed by atoms with Crippen molar-refractivity contribution in [1.82, 2.24) is 10.3 Å². The number of rotatable bonds is 6. The van der Waals surface area contributed by atoms with E-state index in [1.165, 1.54) is 12.1 Å². The summed E-state index contributed by atoms with van der Waals surface area (Å²) >= 11 is 0. The number of aromatic nitrogens is 1. The number of carbonyl (C=O) groups excluding carboxylic acids is 1. The number of hydrogen-bond donors (Lipinski definition) is 3. The van der Waals surface area contributed by atoms with Crippen LogP contribution in [0, 0.1) is 0 Å². The van der Waals surface area contributed by atoms with Crippen molar-refractivity contribution in [2.45, 2.75) is 12.5 Å². The van der Waals surface area contributed by atoms with Crippen molar-refractivity contribution in [2.75, 3.05) is 6.61 Å². The molecule has 7 heteroatoms. The number of aromatic amines is 1. The average molecular weight is 316 g/mol. The minimum Gasteiger partial charge on any atom is -0.480 e. The van der Waals surface area contributed by atoms with Crippen molar-refractivity contribution in [1.29, 1.82) is 0 Å². The molecule has 1 atom stereocenters. The van der Waals surface area contributed by atoms with Crippen molar-refractivity contribution in [3.63, 3.8) is 0 Å². The molecule has 0 fully saturated rings. The van der Waals surface area contributed by atoms with Gasteiger partial charge in [-0.2, -0.15) is 0 Å². The van der Waals surface area contributed by atoms with Gasteiger partial charge in [-0.3, -0.25) is 4.79 Å². The molecule has 1 amide bonds. The van der Waals surface area contributed by atoms with Gasteiger partial charge in [0.25, 0.3) is 0 Å². The van der Waals surface area contributed by atoms with E-state index in [1.54, 1.807) is 24.3 Å². The lowest BCUT2D eigenvalue weighted by atomic mass is 10.0. The number of hydrogen-bond acceptors (Lipinski definition) is 4. The van der Waals surface area contributed by atoms with Crippen molar-refractivity contribution in [3.05, 3.63) is 58.9 Å². The van der Waals surface area contributed by atoms with Crippen LogP contribution in [-0.2, 0) is 16.0 Å². The highest BCUT2D eigenvalue weighted by Crippen LogP contribution is 2.16. The van der Waals surface area contributed by atoms with E-state index in [9.17, 15) is 19.5 Å². The molecule has 1 heterocycles. The average Bonchev–Trinajstić information content (AvgIpc) is 2.52. The number of ether oxygens (including phenoxy) is 1. The van der Waals surface area contributed by atoms with Crippen LogP contribution in [0.1, 0.15) is 5.56 Å². The van der Waals surface area contributed by atoms with Gasteiger partial charge in [0.1, 0.15) is 12.6 Å². The number of H-pyrrole nitrogens is 1. The lowest BCUT2D eigenvalue weighted by Crippen LogP contribution is -2.42. The van der Waals surface area contributed by atoms with E-state index in [1.807, 2.05) is 0 Å². The number of aliphatic carboxylic acids is 1. The lowest BCUT2D eigenvalue weighted by molar-refractivity contribution is -0.139. The Hall–Kier alpha value is -3.09. The quantitative estimate of drug-likeness (QED) is 0.699. The molecule has 0 aliphatic rings. The monoisotopic (exact) mass is 316 g/mol. The van der Waals surface area contributed by atoms with Gasteiger partial charge in [-0.1, -0.05) is 30.9 Å². The van der Waals surface area contributed by atoms with E-state index in [2.05, 4.69) is 16.9 Å². The highest BCUT2D eigenvalue weighted by Gasteiger charge is 2.22. The second kappa shape index (κ2) is 7.26. The molecule has 23 heavy (non-hydrogen) atoms. The number of fused-ring (bicyclic) bond motifs is 1. The molecular weight excluding hydrogens is 300 g/mol. The number of nitrogens with one attached hydrogen (secondary N) is 2. The van der Waals surface area contributed by atoms with Gasteiger partial charge in [-0.05, 0) is 11.6 Å². The van der Waals surface area contributed by atoms with Crippen LogP contribution in [0.4, 0.5) is 4.79 Å². The van der Waals surface area contributed by atoms with Gasteiger partial charge in [0.2, 0.25) is 5.56 Å². The van der Waals surface area contributed by atoms with Gasteiger partial charge in [-0.15, -0.1) is 0 Å². The van der Waals surface area contributed by atoms with Crippen LogP contribution in [0.3, 0.4) is 0 Å². The van der Waals surface area contributed by atoms with E-state index in [0.29, 0.717) is 11.1 Å². The smallest absolute Gasteiger partial charge is 0.408 e. The highest BCUT2D eigenvalue weighted by atomic mass is 16.5. The lowest BCUT2D eigenvalue weighted by Gasteiger charge is -2.15. The highest BCUT2D eigenvalue weighted by molar-refractivity contribution is 5.84. The molecule has 0 bridgehead atoms. The zero-order chi connectivity index (χ0) is 16.8. The summed E-state index contributed by atoms with van der Waals surface area (Å²) in [5.74, 6) is -1.22. The summed E-state index contributed by atoms with van der Waals surface area (Å²) < 4.78 is 4.72. The first-order chi connectivity index (χ1) is 11.0. The molecule has 0 saturated carbocycles. The summed E-state index contributed by atoms with van der Waals surface area (Å²) in [5.41, 5.74) is 0.797. The van der Waals surface area contributed by atoms with Crippen LogP contribution >= 0.6 is 0 Å². The van der Waals surface area contributed by atoms with Crippen molar-refractivity contribution in [2.24, 2.45) is 0 Å². The summed E-state index contributed by atoms with van der Waals surface area (Å²) in [6, 6.07) is 7.16. The number of carbonyl (C=O) groups is 2. The fraction of sp³-hybridized carbons (Fsp3) is 0.188. The summed E-state index contributed by atoms with van der Waals surface area (Å²) in [6.07, 6.45) is 0.481. The van der Waals surface area contributed by atoms with Crippen LogP contribution in [0.5, 0.6) is 0 Å². The van der Waals surface area contributed by atoms with Crippen LogP contribution < -0.4 is 10.9 Å².